The Hall–Kier alpha value is -0.850. The molecule has 0 amide bonds. The van der Waals surface area contributed by atoms with E-state index in [2.05, 4.69) is 4.98 Å². The molecule has 2 N–H and O–H groups in total. The number of rotatable bonds is 3. The van der Waals surface area contributed by atoms with E-state index in [0.29, 0.717) is 25.6 Å². The summed E-state index contributed by atoms with van der Waals surface area (Å²) < 4.78 is 11.4. The van der Waals surface area contributed by atoms with Crippen LogP contribution in [0.5, 0.6) is 0 Å². The van der Waals surface area contributed by atoms with E-state index in [-0.39, 0.29) is 0 Å². The van der Waals surface area contributed by atoms with Gasteiger partial charge in [0.1, 0.15) is 11.4 Å². The third kappa shape index (κ3) is 2.32. The lowest BCUT2D eigenvalue weighted by atomic mass is 9.92. The van der Waals surface area contributed by atoms with Crippen molar-refractivity contribution in [3.63, 3.8) is 0 Å². The predicted octanol–water partition coefficient (Wildman–Crippen LogP) is 1.85. The van der Waals surface area contributed by atoms with Gasteiger partial charge in [-0.05, 0) is 6.92 Å². The van der Waals surface area contributed by atoms with Gasteiger partial charge in [0.2, 0.25) is 0 Å². The highest BCUT2D eigenvalue weighted by molar-refractivity contribution is 7.98. The van der Waals surface area contributed by atoms with Gasteiger partial charge in [-0.2, -0.15) is 11.8 Å². The van der Waals surface area contributed by atoms with Crippen LogP contribution in [0.25, 0.3) is 0 Å². The second-order valence-electron chi connectivity index (χ2n) is 4.89. The number of nitrogen functional groups attached to an aromatic ring is 1. The van der Waals surface area contributed by atoms with E-state index >= 15 is 0 Å². The first kappa shape index (κ1) is 13.1. The molecule has 0 spiro atoms. The van der Waals surface area contributed by atoms with Gasteiger partial charge in [0.25, 0.3) is 0 Å². The molecule has 5 nitrogen and oxygen atoms in total. The monoisotopic (exact) mass is 281 g/mol. The topological polar surface area (TPSA) is 70.3 Å². The Morgan fingerprint density at radius 3 is 2.84 bits per heavy atom. The smallest absolute Gasteiger partial charge is 0.163 e. The minimum absolute atomic E-state index is 0.413. The highest BCUT2D eigenvalue weighted by Gasteiger charge is 2.39. The molecule has 0 atom stereocenters. The minimum Gasteiger partial charge on any atom is -0.383 e. The fourth-order valence-electron chi connectivity index (χ4n) is 2.69. The summed E-state index contributed by atoms with van der Waals surface area (Å²) in [5, 5.41) is 0. The van der Waals surface area contributed by atoms with Gasteiger partial charge >= 0.3 is 0 Å². The van der Waals surface area contributed by atoms with Crippen LogP contribution in [0.1, 0.15) is 36.8 Å². The molecule has 2 aliphatic rings. The first-order valence-corrected chi connectivity index (χ1v) is 7.86. The Kier molecular flexibility index (Phi) is 3.64. The number of thioether (sulfide) groups is 1. The van der Waals surface area contributed by atoms with Crippen LogP contribution in [0.4, 0.5) is 5.82 Å². The van der Waals surface area contributed by atoms with Crippen LogP contribution in [-0.4, -0.2) is 29.8 Å². The van der Waals surface area contributed by atoms with Crippen molar-refractivity contribution in [2.45, 2.75) is 36.9 Å². The summed E-state index contributed by atoms with van der Waals surface area (Å²) in [5.74, 6) is 3.21. The van der Waals surface area contributed by atoms with Crippen LogP contribution in [0.15, 0.2) is 0 Å². The number of aromatic nitrogens is 2. The van der Waals surface area contributed by atoms with E-state index in [4.69, 9.17) is 20.2 Å². The first-order valence-electron chi connectivity index (χ1n) is 6.70. The lowest BCUT2D eigenvalue weighted by molar-refractivity contribution is -0.117. The number of nitrogens with two attached hydrogens (primary N) is 1. The Labute approximate surface area is 117 Å². The summed E-state index contributed by atoms with van der Waals surface area (Å²) in [4.78, 5) is 9.27. The fraction of sp³-hybridized carbons (Fsp3) is 0.692. The van der Waals surface area contributed by atoms with Gasteiger partial charge in [-0.1, -0.05) is 0 Å². The van der Waals surface area contributed by atoms with E-state index < -0.39 is 5.60 Å². The molecule has 0 radical (unpaired) electrons. The van der Waals surface area contributed by atoms with Gasteiger partial charge < -0.3 is 15.2 Å². The second-order valence-corrected chi connectivity index (χ2v) is 5.88. The van der Waals surface area contributed by atoms with E-state index in [0.717, 1.165) is 41.4 Å². The largest absolute Gasteiger partial charge is 0.383 e. The maximum atomic E-state index is 6.08. The predicted molar refractivity (Wildman–Crippen MR) is 74.8 cm³/mol. The van der Waals surface area contributed by atoms with Crippen LogP contribution in [-0.2, 0) is 26.6 Å². The molecule has 104 valence electrons. The molecule has 0 bridgehead atoms. The van der Waals surface area contributed by atoms with Crippen molar-refractivity contribution in [2.75, 3.05) is 25.6 Å². The molecule has 1 aromatic rings. The molecule has 0 aromatic carbocycles. The van der Waals surface area contributed by atoms with Crippen molar-refractivity contribution in [1.29, 1.82) is 0 Å². The SMILES string of the molecule is CCOC1(c2nc(N)c3c(n2)CSC3)CCOCC1. The quantitative estimate of drug-likeness (QED) is 0.911. The summed E-state index contributed by atoms with van der Waals surface area (Å²) in [5.41, 5.74) is 7.86. The summed E-state index contributed by atoms with van der Waals surface area (Å²) in [6.45, 7) is 4.03. The lowest BCUT2D eigenvalue weighted by Crippen LogP contribution is -2.38. The van der Waals surface area contributed by atoms with Gasteiger partial charge in [-0.3, -0.25) is 0 Å². The van der Waals surface area contributed by atoms with Gasteiger partial charge in [0.05, 0.1) is 5.69 Å². The van der Waals surface area contributed by atoms with E-state index in [1.807, 2.05) is 18.7 Å². The van der Waals surface area contributed by atoms with Crippen molar-refractivity contribution >= 4 is 17.6 Å². The van der Waals surface area contributed by atoms with Crippen LogP contribution < -0.4 is 5.73 Å². The third-order valence-corrected chi connectivity index (χ3v) is 4.71. The number of fused-ring (bicyclic) bond motifs is 1. The normalized spacial score (nSPS) is 21.3. The maximum Gasteiger partial charge on any atom is 0.163 e. The number of hydrogen-bond acceptors (Lipinski definition) is 6. The molecule has 3 rings (SSSR count). The maximum absolute atomic E-state index is 6.08. The van der Waals surface area contributed by atoms with E-state index in [1.54, 1.807) is 0 Å². The Morgan fingerprint density at radius 2 is 2.11 bits per heavy atom. The number of nitrogens with zero attached hydrogens (tertiary/aromatic N) is 2. The van der Waals surface area contributed by atoms with Crippen LogP contribution in [0.2, 0.25) is 0 Å². The lowest BCUT2D eigenvalue weighted by Gasteiger charge is -2.35. The molecular formula is C13H19N3O2S. The Balaban J connectivity index is 2.00. The summed E-state index contributed by atoms with van der Waals surface area (Å²) >= 11 is 1.84. The highest BCUT2D eigenvalue weighted by atomic mass is 32.2. The van der Waals surface area contributed by atoms with Crippen molar-refractivity contribution in [3.8, 4) is 0 Å². The van der Waals surface area contributed by atoms with Gasteiger partial charge in [-0.15, -0.1) is 0 Å². The van der Waals surface area contributed by atoms with Crippen molar-refractivity contribution < 1.29 is 9.47 Å². The molecule has 2 aliphatic heterocycles. The second kappa shape index (κ2) is 5.26. The summed E-state index contributed by atoms with van der Waals surface area (Å²) in [6, 6.07) is 0. The first-order chi connectivity index (χ1) is 9.25. The van der Waals surface area contributed by atoms with E-state index in [1.165, 1.54) is 0 Å². The average molecular weight is 281 g/mol. The molecule has 3 heterocycles. The standard InChI is InChI=1S/C13H19N3O2S/c1-2-18-13(3-5-17-6-4-13)12-15-10-8-19-7-9(10)11(14)16-12/h2-8H2,1H3,(H2,14,15,16). The van der Waals surface area contributed by atoms with Crippen molar-refractivity contribution in [3.05, 3.63) is 17.1 Å². The molecule has 1 aromatic heterocycles. The van der Waals surface area contributed by atoms with Crippen LogP contribution in [0, 0.1) is 0 Å². The number of anilines is 1. The van der Waals surface area contributed by atoms with E-state index in [9.17, 15) is 0 Å². The number of hydrogen-bond donors (Lipinski definition) is 1. The molecule has 1 fully saturated rings. The zero-order valence-electron chi connectivity index (χ0n) is 11.1. The average Bonchev–Trinajstić information content (AvgIpc) is 2.89. The summed E-state index contributed by atoms with van der Waals surface area (Å²) in [6.07, 6.45) is 1.60. The van der Waals surface area contributed by atoms with Crippen LogP contribution >= 0.6 is 11.8 Å². The zero-order valence-corrected chi connectivity index (χ0v) is 12.0. The van der Waals surface area contributed by atoms with Crippen molar-refractivity contribution in [2.24, 2.45) is 0 Å². The van der Waals surface area contributed by atoms with Crippen molar-refractivity contribution in [1.82, 2.24) is 9.97 Å². The molecular weight excluding hydrogens is 262 g/mol. The highest BCUT2D eigenvalue weighted by Crippen LogP contribution is 2.38. The molecule has 0 unspecified atom stereocenters. The Morgan fingerprint density at radius 1 is 1.32 bits per heavy atom. The molecule has 19 heavy (non-hydrogen) atoms. The van der Waals surface area contributed by atoms with Gasteiger partial charge in [0, 0.05) is 49.7 Å². The van der Waals surface area contributed by atoms with Gasteiger partial charge in [-0.25, -0.2) is 9.97 Å². The Bertz CT molecular complexity index is 470. The zero-order chi connectivity index (χ0) is 13.3. The molecule has 0 saturated carbocycles. The molecule has 1 saturated heterocycles. The minimum atomic E-state index is -0.413. The summed E-state index contributed by atoms with van der Waals surface area (Å²) in [7, 11) is 0. The third-order valence-electron chi connectivity index (χ3n) is 3.74. The molecule has 0 aliphatic carbocycles. The van der Waals surface area contributed by atoms with Crippen LogP contribution in [0.3, 0.4) is 0 Å². The van der Waals surface area contributed by atoms with Gasteiger partial charge in [0.15, 0.2) is 5.82 Å². The molecule has 6 heteroatoms. The number of ether oxygens (including phenoxy) is 2. The fourth-order valence-corrected chi connectivity index (χ4v) is 3.74.